The minimum Gasteiger partial charge on any atom is -0.352 e. The van der Waals surface area contributed by atoms with Gasteiger partial charge >= 0.3 is 6.03 Å². The lowest BCUT2D eigenvalue weighted by Crippen LogP contribution is -2.46. The Morgan fingerprint density at radius 2 is 1.96 bits per heavy atom. The van der Waals surface area contributed by atoms with Crippen LogP contribution in [0.25, 0.3) is 0 Å². The van der Waals surface area contributed by atoms with Gasteiger partial charge in [-0.25, -0.2) is 9.18 Å². The molecular formula is C21H24FN3O2. The normalized spacial score (nSPS) is 16.7. The molecule has 1 aliphatic rings. The molecule has 2 N–H and O–H groups in total. The van der Waals surface area contributed by atoms with Gasteiger partial charge in [0.15, 0.2) is 0 Å². The number of carbonyl (C=O) groups is 2. The lowest BCUT2D eigenvalue weighted by molar-refractivity contribution is -0.126. The molecule has 0 spiro atoms. The van der Waals surface area contributed by atoms with Crippen molar-refractivity contribution in [2.45, 2.75) is 26.3 Å². The lowest BCUT2D eigenvalue weighted by Gasteiger charge is -2.32. The number of carbonyl (C=O) groups excluding carboxylic acids is 2. The van der Waals surface area contributed by atoms with Gasteiger partial charge in [-0.1, -0.05) is 24.3 Å². The van der Waals surface area contributed by atoms with Crippen molar-refractivity contribution in [1.82, 2.24) is 10.2 Å². The molecule has 3 amide bonds. The number of nitrogens with zero attached hydrogens (tertiary/aromatic N) is 1. The lowest BCUT2D eigenvalue weighted by atomic mass is 9.97. The highest BCUT2D eigenvalue weighted by Crippen LogP contribution is 2.19. The quantitative estimate of drug-likeness (QED) is 0.863. The second-order valence-electron chi connectivity index (χ2n) is 6.93. The number of halogens is 1. The van der Waals surface area contributed by atoms with Crippen LogP contribution in [-0.4, -0.2) is 29.9 Å². The maximum atomic E-state index is 12.9. The monoisotopic (exact) mass is 369 g/mol. The van der Waals surface area contributed by atoms with Crippen LogP contribution in [0.15, 0.2) is 48.5 Å². The highest BCUT2D eigenvalue weighted by atomic mass is 19.1. The van der Waals surface area contributed by atoms with Crippen molar-refractivity contribution in [2.24, 2.45) is 5.92 Å². The van der Waals surface area contributed by atoms with Crippen molar-refractivity contribution in [3.8, 4) is 0 Å². The molecule has 5 nitrogen and oxygen atoms in total. The van der Waals surface area contributed by atoms with Gasteiger partial charge in [0, 0.05) is 25.3 Å². The number of hydrogen-bond donors (Lipinski definition) is 2. The maximum Gasteiger partial charge on any atom is 0.321 e. The van der Waals surface area contributed by atoms with E-state index >= 15 is 0 Å². The molecule has 27 heavy (non-hydrogen) atoms. The number of anilines is 1. The van der Waals surface area contributed by atoms with Crippen molar-refractivity contribution < 1.29 is 14.0 Å². The van der Waals surface area contributed by atoms with Crippen molar-refractivity contribution in [3.05, 3.63) is 65.5 Å². The van der Waals surface area contributed by atoms with Gasteiger partial charge in [-0.15, -0.1) is 0 Å². The van der Waals surface area contributed by atoms with Crippen LogP contribution in [0.3, 0.4) is 0 Å². The molecule has 0 radical (unpaired) electrons. The Hall–Kier alpha value is -2.89. The largest absolute Gasteiger partial charge is 0.352 e. The molecule has 0 saturated carbocycles. The van der Waals surface area contributed by atoms with Crippen LogP contribution >= 0.6 is 0 Å². The average molecular weight is 369 g/mol. The fourth-order valence-electron chi connectivity index (χ4n) is 3.24. The SMILES string of the molecule is Cc1cccc(NC(=O)N2CCCC(C(=O)NCc3ccc(F)cc3)C2)c1. The molecule has 142 valence electrons. The molecule has 1 heterocycles. The Morgan fingerprint density at radius 1 is 1.19 bits per heavy atom. The third-order valence-electron chi connectivity index (χ3n) is 4.73. The van der Waals surface area contributed by atoms with E-state index < -0.39 is 0 Å². The van der Waals surface area contributed by atoms with E-state index in [2.05, 4.69) is 10.6 Å². The zero-order chi connectivity index (χ0) is 19.2. The van der Waals surface area contributed by atoms with E-state index in [1.165, 1.54) is 12.1 Å². The molecule has 0 bridgehead atoms. The number of piperidine rings is 1. The smallest absolute Gasteiger partial charge is 0.321 e. The van der Waals surface area contributed by atoms with E-state index in [0.717, 1.165) is 29.7 Å². The summed E-state index contributed by atoms with van der Waals surface area (Å²) in [5, 5.41) is 5.78. The number of likely N-dealkylation sites (tertiary alicyclic amines) is 1. The zero-order valence-electron chi connectivity index (χ0n) is 15.4. The van der Waals surface area contributed by atoms with Crippen molar-refractivity contribution in [2.75, 3.05) is 18.4 Å². The van der Waals surface area contributed by atoms with Crippen LogP contribution in [-0.2, 0) is 11.3 Å². The summed E-state index contributed by atoms with van der Waals surface area (Å²) in [5.74, 6) is -0.609. The predicted octanol–water partition coefficient (Wildman–Crippen LogP) is 3.69. The second kappa shape index (κ2) is 8.66. The first-order chi connectivity index (χ1) is 13.0. The summed E-state index contributed by atoms with van der Waals surface area (Å²) in [5.41, 5.74) is 2.67. The van der Waals surface area contributed by atoms with Gasteiger partial charge in [0.2, 0.25) is 5.91 Å². The van der Waals surface area contributed by atoms with E-state index in [0.29, 0.717) is 19.6 Å². The summed E-state index contributed by atoms with van der Waals surface area (Å²) < 4.78 is 12.9. The van der Waals surface area contributed by atoms with Gasteiger partial charge in [0.05, 0.1) is 5.92 Å². The third kappa shape index (κ3) is 5.29. The molecule has 1 fully saturated rings. The summed E-state index contributed by atoms with van der Waals surface area (Å²) in [7, 11) is 0. The van der Waals surface area contributed by atoms with Gasteiger partial charge in [0.25, 0.3) is 0 Å². The molecule has 0 aliphatic carbocycles. The number of hydrogen-bond acceptors (Lipinski definition) is 2. The summed E-state index contributed by atoms with van der Waals surface area (Å²) >= 11 is 0. The predicted molar refractivity (Wildman–Crippen MR) is 103 cm³/mol. The van der Waals surface area contributed by atoms with E-state index in [-0.39, 0.29) is 23.7 Å². The van der Waals surface area contributed by atoms with Crippen molar-refractivity contribution >= 4 is 17.6 Å². The van der Waals surface area contributed by atoms with Crippen LogP contribution in [0.1, 0.15) is 24.0 Å². The molecule has 2 aromatic rings. The highest BCUT2D eigenvalue weighted by molar-refractivity contribution is 5.90. The number of amides is 3. The number of aryl methyl sites for hydroxylation is 1. The number of nitrogens with one attached hydrogen (secondary N) is 2. The molecule has 6 heteroatoms. The molecule has 3 rings (SSSR count). The highest BCUT2D eigenvalue weighted by Gasteiger charge is 2.28. The Bertz CT molecular complexity index is 807. The topological polar surface area (TPSA) is 61.4 Å². The molecule has 1 atom stereocenters. The Kier molecular flexibility index (Phi) is 6.06. The first kappa shape index (κ1) is 18.9. The first-order valence-electron chi connectivity index (χ1n) is 9.16. The van der Waals surface area contributed by atoms with Crippen LogP contribution in [0.2, 0.25) is 0 Å². The molecule has 2 aromatic carbocycles. The summed E-state index contributed by atoms with van der Waals surface area (Å²) in [6.07, 6.45) is 1.54. The van der Waals surface area contributed by atoms with Gasteiger partial charge in [0.1, 0.15) is 5.82 Å². The fraction of sp³-hybridized carbons (Fsp3) is 0.333. The summed E-state index contributed by atoms with van der Waals surface area (Å²) in [4.78, 5) is 26.7. The van der Waals surface area contributed by atoms with Gasteiger partial charge in [-0.2, -0.15) is 0 Å². The van der Waals surface area contributed by atoms with Crippen molar-refractivity contribution in [3.63, 3.8) is 0 Å². The molecular weight excluding hydrogens is 345 g/mol. The maximum absolute atomic E-state index is 12.9. The second-order valence-corrected chi connectivity index (χ2v) is 6.93. The van der Waals surface area contributed by atoms with Gasteiger partial charge in [-0.05, 0) is 55.2 Å². The first-order valence-corrected chi connectivity index (χ1v) is 9.16. The van der Waals surface area contributed by atoms with E-state index in [9.17, 15) is 14.0 Å². The average Bonchev–Trinajstić information content (AvgIpc) is 2.67. The molecule has 0 aromatic heterocycles. The third-order valence-corrected chi connectivity index (χ3v) is 4.73. The Morgan fingerprint density at radius 3 is 2.70 bits per heavy atom. The fourth-order valence-corrected chi connectivity index (χ4v) is 3.24. The van der Waals surface area contributed by atoms with Crippen LogP contribution in [0.5, 0.6) is 0 Å². The summed E-state index contributed by atoms with van der Waals surface area (Å²) in [6.45, 7) is 3.36. The number of benzene rings is 2. The molecule has 1 aliphatic heterocycles. The van der Waals surface area contributed by atoms with Crippen LogP contribution in [0.4, 0.5) is 14.9 Å². The van der Waals surface area contributed by atoms with Crippen molar-refractivity contribution in [1.29, 1.82) is 0 Å². The van der Waals surface area contributed by atoms with E-state index in [1.54, 1.807) is 17.0 Å². The number of rotatable bonds is 4. The van der Waals surface area contributed by atoms with Crippen LogP contribution in [0, 0.1) is 18.7 Å². The summed E-state index contributed by atoms with van der Waals surface area (Å²) in [6, 6.07) is 13.5. The zero-order valence-corrected chi connectivity index (χ0v) is 15.4. The van der Waals surface area contributed by atoms with E-state index in [4.69, 9.17) is 0 Å². The Balaban J connectivity index is 1.52. The minimum absolute atomic E-state index is 0.0765. The minimum atomic E-state index is -0.298. The molecule has 1 unspecified atom stereocenters. The Labute approximate surface area is 158 Å². The molecule has 1 saturated heterocycles. The van der Waals surface area contributed by atoms with Gasteiger partial charge in [-0.3, -0.25) is 4.79 Å². The van der Waals surface area contributed by atoms with Crippen LogP contribution < -0.4 is 10.6 Å². The number of urea groups is 1. The van der Waals surface area contributed by atoms with Gasteiger partial charge < -0.3 is 15.5 Å². The standard InChI is InChI=1S/C21H24FN3O2/c1-15-4-2-6-19(12-15)24-21(27)25-11-3-5-17(14-25)20(26)23-13-16-7-9-18(22)10-8-16/h2,4,6-10,12,17H,3,5,11,13-14H2,1H3,(H,23,26)(H,24,27). The van der Waals surface area contributed by atoms with E-state index in [1.807, 2.05) is 31.2 Å².